The average molecular weight is 523 g/mol. The van der Waals surface area contributed by atoms with E-state index < -0.39 is 40.7 Å². The van der Waals surface area contributed by atoms with Crippen molar-refractivity contribution in [1.29, 1.82) is 0 Å². The molecule has 0 bridgehead atoms. The summed E-state index contributed by atoms with van der Waals surface area (Å²) in [6, 6.07) is 3.63. The summed E-state index contributed by atoms with van der Waals surface area (Å²) in [7, 11) is 0. The van der Waals surface area contributed by atoms with E-state index in [4.69, 9.17) is 13.9 Å². The SMILES string of the molecule is C/C=C(\C)C(=O)O[C@@H]1C[C@H](O)[C@@]2(C)[C@H]3[C@@H](OC[C@]13C)[C@@H](O)[C@@]1(C)c3cc(O)c(-c4ccoc4)c(C)c3C[C@@H]12. The van der Waals surface area contributed by atoms with Crippen LogP contribution in [-0.2, 0) is 26.1 Å². The molecular weight excluding hydrogens is 484 g/mol. The van der Waals surface area contributed by atoms with Gasteiger partial charge in [0.15, 0.2) is 0 Å². The summed E-state index contributed by atoms with van der Waals surface area (Å²) >= 11 is 0. The number of benzene rings is 1. The lowest BCUT2D eigenvalue weighted by Crippen LogP contribution is -2.71. The van der Waals surface area contributed by atoms with Crippen molar-refractivity contribution in [1.82, 2.24) is 0 Å². The van der Waals surface area contributed by atoms with Gasteiger partial charge in [0.05, 0.1) is 37.4 Å². The van der Waals surface area contributed by atoms with Crippen LogP contribution in [0.3, 0.4) is 0 Å². The predicted molar refractivity (Wildman–Crippen MR) is 140 cm³/mol. The minimum atomic E-state index is -0.855. The Kier molecular flexibility index (Phi) is 5.53. The molecule has 3 N–H and O–H groups in total. The van der Waals surface area contributed by atoms with Gasteiger partial charge in [-0.2, -0.15) is 0 Å². The van der Waals surface area contributed by atoms with Crippen LogP contribution in [0.5, 0.6) is 5.75 Å². The van der Waals surface area contributed by atoms with Crippen molar-refractivity contribution in [3.05, 3.63) is 53.0 Å². The first-order valence-corrected chi connectivity index (χ1v) is 13.6. The van der Waals surface area contributed by atoms with Crippen molar-refractivity contribution in [2.24, 2.45) is 22.7 Å². The van der Waals surface area contributed by atoms with Crippen LogP contribution in [0.2, 0.25) is 0 Å². The van der Waals surface area contributed by atoms with Gasteiger partial charge in [0, 0.05) is 45.3 Å². The molecule has 204 valence electrons. The fraction of sp³-hybridized carbons (Fsp3) is 0.581. The lowest BCUT2D eigenvalue weighted by molar-refractivity contribution is -0.235. The summed E-state index contributed by atoms with van der Waals surface area (Å²) in [5.74, 6) is -0.557. The number of phenolic OH excluding ortho intramolecular Hbond substituents is 1. The second-order valence-corrected chi connectivity index (χ2v) is 12.7. The van der Waals surface area contributed by atoms with Crippen LogP contribution in [0.1, 0.15) is 57.7 Å². The predicted octanol–water partition coefficient (Wildman–Crippen LogP) is 4.44. The number of carbonyl (C=O) groups excluding carboxylic acids is 1. The van der Waals surface area contributed by atoms with Crippen molar-refractivity contribution < 1.29 is 34.0 Å². The highest BCUT2D eigenvalue weighted by atomic mass is 16.6. The van der Waals surface area contributed by atoms with E-state index in [-0.39, 0.29) is 23.6 Å². The van der Waals surface area contributed by atoms with E-state index in [0.29, 0.717) is 25.0 Å². The molecule has 1 aromatic heterocycles. The number of fused-ring (bicyclic) bond motifs is 4. The van der Waals surface area contributed by atoms with Crippen molar-refractivity contribution in [2.45, 2.75) is 84.2 Å². The number of aromatic hydroxyl groups is 1. The monoisotopic (exact) mass is 522 g/mol. The Morgan fingerprint density at radius 3 is 2.63 bits per heavy atom. The van der Waals surface area contributed by atoms with E-state index in [1.54, 1.807) is 38.5 Å². The van der Waals surface area contributed by atoms with Crippen LogP contribution < -0.4 is 0 Å². The number of phenols is 1. The van der Waals surface area contributed by atoms with Gasteiger partial charge < -0.3 is 29.2 Å². The van der Waals surface area contributed by atoms with Crippen LogP contribution in [0.25, 0.3) is 11.1 Å². The third-order valence-corrected chi connectivity index (χ3v) is 11.1. The quantitative estimate of drug-likeness (QED) is 0.404. The normalized spacial score (nSPS) is 41.4. The molecule has 7 nitrogen and oxygen atoms in total. The van der Waals surface area contributed by atoms with E-state index >= 15 is 0 Å². The summed E-state index contributed by atoms with van der Waals surface area (Å²) in [6.07, 6.45) is 3.23. The molecule has 1 saturated heterocycles. The van der Waals surface area contributed by atoms with Crippen LogP contribution in [-0.4, -0.2) is 52.3 Å². The number of ether oxygens (including phenoxy) is 2. The highest BCUT2D eigenvalue weighted by molar-refractivity contribution is 5.87. The van der Waals surface area contributed by atoms with Gasteiger partial charge in [-0.15, -0.1) is 0 Å². The smallest absolute Gasteiger partial charge is 0.333 e. The molecule has 3 aliphatic carbocycles. The number of furan rings is 1. The number of allylic oxidation sites excluding steroid dienone is 1. The molecule has 6 rings (SSSR count). The maximum absolute atomic E-state index is 12.8. The Bertz CT molecular complexity index is 1330. The Balaban J connectivity index is 1.47. The summed E-state index contributed by atoms with van der Waals surface area (Å²) < 4.78 is 17.7. The van der Waals surface area contributed by atoms with Gasteiger partial charge in [0.1, 0.15) is 11.9 Å². The number of aliphatic hydroxyl groups excluding tert-OH is 2. The van der Waals surface area contributed by atoms with Gasteiger partial charge in [0.25, 0.3) is 0 Å². The van der Waals surface area contributed by atoms with Crippen LogP contribution >= 0.6 is 0 Å². The fourth-order valence-electron chi connectivity index (χ4n) is 8.91. The lowest BCUT2D eigenvalue weighted by atomic mass is 9.41. The summed E-state index contributed by atoms with van der Waals surface area (Å²) in [5.41, 5.74) is 3.13. The molecule has 9 atom stereocenters. The first-order chi connectivity index (χ1) is 17.9. The minimum absolute atomic E-state index is 0.107. The van der Waals surface area contributed by atoms with E-state index in [1.807, 2.05) is 13.0 Å². The highest BCUT2D eigenvalue weighted by Crippen LogP contribution is 2.71. The summed E-state index contributed by atoms with van der Waals surface area (Å²) in [4.78, 5) is 12.8. The highest BCUT2D eigenvalue weighted by Gasteiger charge is 2.75. The molecule has 4 aliphatic rings. The van der Waals surface area contributed by atoms with Gasteiger partial charge in [-0.05, 0) is 61.9 Å². The van der Waals surface area contributed by atoms with Crippen molar-refractivity contribution in [3.63, 3.8) is 0 Å². The van der Waals surface area contributed by atoms with Crippen molar-refractivity contribution in [3.8, 4) is 16.9 Å². The topological polar surface area (TPSA) is 109 Å². The number of esters is 1. The van der Waals surface area contributed by atoms with E-state index in [9.17, 15) is 20.1 Å². The maximum atomic E-state index is 12.8. The maximum Gasteiger partial charge on any atom is 0.333 e. The Morgan fingerprint density at radius 2 is 1.97 bits per heavy atom. The molecule has 1 aliphatic heterocycles. The van der Waals surface area contributed by atoms with Gasteiger partial charge in [-0.3, -0.25) is 0 Å². The molecule has 38 heavy (non-hydrogen) atoms. The number of carbonyl (C=O) groups is 1. The first-order valence-electron chi connectivity index (χ1n) is 13.6. The van der Waals surface area contributed by atoms with Crippen molar-refractivity contribution in [2.75, 3.05) is 6.61 Å². The molecular formula is C31H38O7. The second-order valence-electron chi connectivity index (χ2n) is 12.7. The van der Waals surface area contributed by atoms with Crippen molar-refractivity contribution >= 4 is 5.97 Å². The van der Waals surface area contributed by atoms with Gasteiger partial charge in [-0.1, -0.05) is 26.8 Å². The lowest BCUT2D eigenvalue weighted by Gasteiger charge is -2.64. The third kappa shape index (κ3) is 2.98. The first kappa shape index (κ1) is 25.7. The van der Waals surface area contributed by atoms with E-state index in [0.717, 1.165) is 27.8 Å². The average Bonchev–Trinajstić information content (AvgIpc) is 3.60. The molecule has 0 unspecified atom stereocenters. The third-order valence-electron chi connectivity index (χ3n) is 11.1. The summed E-state index contributed by atoms with van der Waals surface area (Å²) in [6.45, 7) is 12.1. The molecule has 0 spiro atoms. The Hall–Kier alpha value is -2.61. The summed E-state index contributed by atoms with van der Waals surface area (Å²) in [5, 5.41) is 35.1. The Morgan fingerprint density at radius 1 is 1.24 bits per heavy atom. The molecule has 7 heteroatoms. The number of hydrogen-bond acceptors (Lipinski definition) is 7. The van der Waals surface area contributed by atoms with Gasteiger partial charge >= 0.3 is 5.97 Å². The zero-order valence-electron chi connectivity index (χ0n) is 22.9. The standard InChI is InChI=1S/C31H38O7/c1-7-15(2)28(35)38-23-12-22(33)31(6)21-10-18-16(3)24(17-8-9-36-13-17)20(32)11-19(18)30(21,5)27(34)25-26(31)29(23,4)14-37-25/h7-9,11,13,21-23,25-27,32-34H,10,12,14H2,1-6H3/b15-7+/t21-,22-,23+,25+,26-,27+,29+,30-,31-/m0/s1. The van der Waals surface area contributed by atoms with Crippen LogP contribution in [0.4, 0.5) is 0 Å². The van der Waals surface area contributed by atoms with Gasteiger partial charge in [-0.25, -0.2) is 4.79 Å². The molecule has 3 fully saturated rings. The zero-order chi connectivity index (χ0) is 27.4. The molecule has 2 aromatic rings. The molecule has 0 radical (unpaired) electrons. The molecule has 0 amide bonds. The second kappa shape index (κ2) is 8.20. The number of rotatable bonds is 3. The largest absolute Gasteiger partial charge is 0.507 e. The van der Waals surface area contributed by atoms with E-state index in [2.05, 4.69) is 20.8 Å². The minimum Gasteiger partial charge on any atom is -0.507 e. The zero-order valence-corrected chi connectivity index (χ0v) is 22.9. The molecule has 2 heterocycles. The molecule has 1 aromatic carbocycles. The van der Waals surface area contributed by atoms with Crippen LogP contribution in [0, 0.1) is 29.6 Å². The molecule has 2 saturated carbocycles. The number of hydrogen-bond donors (Lipinski definition) is 3. The van der Waals surface area contributed by atoms with E-state index in [1.165, 1.54) is 0 Å². The van der Waals surface area contributed by atoms with Crippen LogP contribution in [0.15, 0.2) is 40.7 Å². The Labute approximate surface area is 223 Å². The number of aliphatic hydroxyl groups is 2. The fourth-order valence-corrected chi connectivity index (χ4v) is 8.91. The van der Waals surface area contributed by atoms with Gasteiger partial charge in [0.2, 0.25) is 0 Å².